The Morgan fingerprint density at radius 3 is 2.75 bits per heavy atom. The molecule has 1 heterocycles. The van der Waals surface area contributed by atoms with Gasteiger partial charge in [0.15, 0.2) is 5.82 Å². The van der Waals surface area contributed by atoms with Gasteiger partial charge in [-0.3, -0.25) is 5.32 Å². The van der Waals surface area contributed by atoms with Crippen molar-refractivity contribution in [1.82, 2.24) is 4.98 Å². The number of anilines is 1. The smallest absolute Gasteiger partial charge is 0.413 e. The summed E-state index contributed by atoms with van der Waals surface area (Å²) in [6.45, 7) is 5.37. The number of fused-ring (bicyclic) bond motifs is 1. The van der Waals surface area contributed by atoms with E-state index in [9.17, 15) is 10.1 Å². The maximum atomic E-state index is 11.8. The average molecular weight is 273 g/mol. The first kappa shape index (κ1) is 14.3. The molecule has 1 aromatic rings. The van der Waals surface area contributed by atoms with Crippen LogP contribution in [0.25, 0.3) is 0 Å². The molecule has 0 spiro atoms. The topological polar surface area (TPSA) is 75.0 Å². The lowest BCUT2D eigenvalue weighted by molar-refractivity contribution is 0.0635. The van der Waals surface area contributed by atoms with Gasteiger partial charge in [-0.2, -0.15) is 5.26 Å². The number of carbonyl (C=O) groups is 1. The second-order valence-corrected chi connectivity index (χ2v) is 5.94. The zero-order valence-electron chi connectivity index (χ0n) is 12.1. The first-order valence-electron chi connectivity index (χ1n) is 6.82. The van der Waals surface area contributed by atoms with Gasteiger partial charge in [0.1, 0.15) is 11.7 Å². The largest absolute Gasteiger partial charge is 0.444 e. The molecule has 106 valence electrons. The highest BCUT2D eigenvalue weighted by Crippen LogP contribution is 2.24. The minimum absolute atomic E-state index is 0.294. The third-order valence-electron chi connectivity index (χ3n) is 3.04. The summed E-state index contributed by atoms with van der Waals surface area (Å²) in [5.41, 5.74) is 1.89. The van der Waals surface area contributed by atoms with Crippen molar-refractivity contribution in [3.8, 4) is 6.07 Å². The summed E-state index contributed by atoms with van der Waals surface area (Å²) in [6, 6.07) is 3.91. The lowest BCUT2D eigenvalue weighted by Crippen LogP contribution is -2.28. The van der Waals surface area contributed by atoms with Crippen LogP contribution in [0.1, 0.15) is 50.4 Å². The normalized spacial score (nSPS) is 14.1. The molecule has 0 unspecified atom stereocenters. The molecule has 2 rings (SSSR count). The molecule has 5 heteroatoms. The molecular formula is C15H19N3O2. The van der Waals surface area contributed by atoms with Crippen molar-refractivity contribution in [2.75, 3.05) is 5.32 Å². The Morgan fingerprint density at radius 1 is 1.40 bits per heavy atom. The predicted molar refractivity (Wildman–Crippen MR) is 75.5 cm³/mol. The monoisotopic (exact) mass is 273 g/mol. The van der Waals surface area contributed by atoms with Gasteiger partial charge >= 0.3 is 6.09 Å². The zero-order chi connectivity index (χ0) is 14.8. The van der Waals surface area contributed by atoms with E-state index in [1.807, 2.05) is 6.07 Å². The van der Waals surface area contributed by atoms with E-state index in [-0.39, 0.29) is 0 Å². The van der Waals surface area contributed by atoms with Gasteiger partial charge < -0.3 is 4.74 Å². The second kappa shape index (κ2) is 5.49. The molecule has 5 nitrogen and oxygen atoms in total. The van der Waals surface area contributed by atoms with Crippen molar-refractivity contribution in [2.45, 2.75) is 52.1 Å². The Balaban J connectivity index is 2.23. The van der Waals surface area contributed by atoms with Crippen molar-refractivity contribution in [1.29, 1.82) is 5.26 Å². The number of nitrogens with zero attached hydrogens (tertiary/aromatic N) is 2. The van der Waals surface area contributed by atoms with E-state index in [1.54, 1.807) is 20.8 Å². The number of ether oxygens (including phenoxy) is 1. The molecule has 20 heavy (non-hydrogen) atoms. The highest BCUT2D eigenvalue weighted by Gasteiger charge is 2.20. The summed E-state index contributed by atoms with van der Waals surface area (Å²) < 4.78 is 5.19. The number of hydrogen-bond donors (Lipinski definition) is 1. The lowest BCUT2D eigenvalue weighted by atomic mass is 9.95. The van der Waals surface area contributed by atoms with Crippen LogP contribution in [-0.4, -0.2) is 16.7 Å². The molecule has 0 fully saturated rings. The Morgan fingerprint density at radius 2 is 2.10 bits per heavy atom. The first-order valence-corrected chi connectivity index (χ1v) is 6.82. The van der Waals surface area contributed by atoms with Crippen molar-refractivity contribution in [3.05, 3.63) is 22.9 Å². The molecule has 1 aromatic heterocycles. The Bertz CT molecular complexity index is 568. The molecule has 0 atom stereocenters. The van der Waals surface area contributed by atoms with Crippen LogP contribution in [0.5, 0.6) is 0 Å². The molecular weight excluding hydrogens is 254 g/mol. The van der Waals surface area contributed by atoms with Crippen molar-refractivity contribution in [3.63, 3.8) is 0 Å². The van der Waals surface area contributed by atoms with Gasteiger partial charge in [0.25, 0.3) is 0 Å². The first-order chi connectivity index (χ1) is 9.39. The number of rotatable bonds is 1. The minimum atomic E-state index is -0.586. The summed E-state index contributed by atoms with van der Waals surface area (Å²) in [5.74, 6) is 0.294. The number of carbonyl (C=O) groups excluding carboxylic acids is 1. The molecule has 1 aliphatic carbocycles. The molecule has 0 bridgehead atoms. The van der Waals surface area contributed by atoms with E-state index in [1.165, 1.54) is 0 Å². The molecule has 1 aliphatic rings. The van der Waals surface area contributed by atoms with Gasteiger partial charge in [-0.25, -0.2) is 9.78 Å². The maximum absolute atomic E-state index is 11.8. The Labute approximate surface area is 119 Å². The molecule has 1 N–H and O–H groups in total. The molecule has 0 saturated carbocycles. The third-order valence-corrected chi connectivity index (χ3v) is 3.04. The van der Waals surface area contributed by atoms with Crippen LogP contribution in [0.3, 0.4) is 0 Å². The summed E-state index contributed by atoms with van der Waals surface area (Å²) in [4.78, 5) is 16.2. The van der Waals surface area contributed by atoms with Gasteiger partial charge in [0.05, 0.1) is 5.56 Å². The fourth-order valence-corrected chi connectivity index (χ4v) is 2.21. The van der Waals surface area contributed by atoms with Crippen LogP contribution in [-0.2, 0) is 17.6 Å². The number of aryl methyl sites for hydroxylation is 2. The van der Waals surface area contributed by atoms with Crippen LogP contribution >= 0.6 is 0 Å². The fourth-order valence-electron chi connectivity index (χ4n) is 2.21. The standard InChI is InChI=1S/C15H19N3O2/c1-15(2,3)20-14(19)18-13-11(9-16)8-10-6-4-5-7-12(10)17-13/h8H,4-7H2,1-3H3,(H,17,18,19). The van der Waals surface area contributed by atoms with Crippen LogP contribution in [0.4, 0.5) is 10.6 Å². The minimum Gasteiger partial charge on any atom is -0.444 e. The number of aromatic nitrogens is 1. The van der Waals surface area contributed by atoms with Crippen molar-refractivity contribution < 1.29 is 9.53 Å². The van der Waals surface area contributed by atoms with Crippen molar-refractivity contribution in [2.24, 2.45) is 0 Å². The highest BCUT2D eigenvalue weighted by molar-refractivity contribution is 5.85. The van der Waals surface area contributed by atoms with Crippen molar-refractivity contribution >= 4 is 11.9 Å². The number of nitrogens with one attached hydrogen (secondary N) is 1. The quantitative estimate of drug-likeness (QED) is 0.852. The van der Waals surface area contributed by atoms with Crippen LogP contribution < -0.4 is 5.32 Å². The summed E-state index contributed by atoms with van der Waals surface area (Å²) in [5, 5.41) is 11.8. The average Bonchev–Trinajstić information content (AvgIpc) is 2.35. The van der Waals surface area contributed by atoms with E-state index in [0.29, 0.717) is 11.4 Å². The van der Waals surface area contributed by atoms with E-state index in [0.717, 1.165) is 36.9 Å². The van der Waals surface area contributed by atoms with Gasteiger partial charge in [-0.05, 0) is 58.1 Å². The molecule has 0 radical (unpaired) electrons. The SMILES string of the molecule is CC(C)(C)OC(=O)Nc1nc2c(cc1C#N)CCCC2. The number of pyridine rings is 1. The number of amides is 1. The van der Waals surface area contributed by atoms with Crippen LogP contribution in [0.15, 0.2) is 6.07 Å². The number of nitriles is 1. The third kappa shape index (κ3) is 3.47. The Kier molecular flexibility index (Phi) is 3.93. The zero-order valence-corrected chi connectivity index (χ0v) is 12.1. The predicted octanol–water partition coefficient (Wildman–Crippen LogP) is 3.18. The van der Waals surface area contributed by atoms with Gasteiger partial charge in [0, 0.05) is 5.69 Å². The van der Waals surface area contributed by atoms with Gasteiger partial charge in [0.2, 0.25) is 0 Å². The second-order valence-electron chi connectivity index (χ2n) is 5.94. The maximum Gasteiger partial charge on any atom is 0.413 e. The Hall–Kier alpha value is -2.09. The lowest BCUT2D eigenvalue weighted by Gasteiger charge is -2.21. The van der Waals surface area contributed by atoms with Crippen LogP contribution in [0.2, 0.25) is 0 Å². The molecule has 1 amide bonds. The highest BCUT2D eigenvalue weighted by atomic mass is 16.6. The summed E-state index contributed by atoms with van der Waals surface area (Å²) in [7, 11) is 0. The molecule has 0 aromatic carbocycles. The van der Waals surface area contributed by atoms with E-state index >= 15 is 0 Å². The van der Waals surface area contributed by atoms with E-state index in [2.05, 4.69) is 16.4 Å². The van der Waals surface area contributed by atoms with E-state index < -0.39 is 11.7 Å². The summed E-state index contributed by atoms with van der Waals surface area (Å²) >= 11 is 0. The van der Waals surface area contributed by atoms with Gasteiger partial charge in [-0.15, -0.1) is 0 Å². The molecule has 0 saturated heterocycles. The van der Waals surface area contributed by atoms with Gasteiger partial charge in [-0.1, -0.05) is 0 Å². The molecule has 0 aliphatic heterocycles. The fraction of sp³-hybridized carbons (Fsp3) is 0.533. The van der Waals surface area contributed by atoms with Crippen LogP contribution in [0, 0.1) is 11.3 Å². The summed E-state index contributed by atoms with van der Waals surface area (Å²) in [6.07, 6.45) is 3.47. The van der Waals surface area contributed by atoms with E-state index in [4.69, 9.17) is 4.74 Å². The number of hydrogen-bond acceptors (Lipinski definition) is 4.